The van der Waals surface area contributed by atoms with Gasteiger partial charge in [-0.3, -0.25) is 0 Å². The maximum absolute atomic E-state index is 6.21. The van der Waals surface area contributed by atoms with Crippen LogP contribution in [-0.4, -0.2) is 29.2 Å². The van der Waals surface area contributed by atoms with Gasteiger partial charge >= 0.3 is 0 Å². The Hall–Kier alpha value is -2.08. The SMILES string of the molecule is COc1cc(-c2nc(N)nc(C3CC3)n2)cc(Cl)c1OC. The molecule has 1 aromatic heterocycles. The van der Waals surface area contributed by atoms with E-state index in [9.17, 15) is 0 Å². The lowest BCUT2D eigenvalue weighted by Gasteiger charge is -2.11. The Morgan fingerprint density at radius 1 is 1.14 bits per heavy atom. The van der Waals surface area contributed by atoms with Crippen molar-refractivity contribution in [1.29, 1.82) is 0 Å². The Labute approximate surface area is 127 Å². The van der Waals surface area contributed by atoms with E-state index in [1.807, 2.05) is 0 Å². The van der Waals surface area contributed by atoms with Crippen molar-refractivity contribution < 1.29 is 9.47 Å². The molecule has 1 aliphatic carbocycles. The summed E-state index contributed by atoms with van der Waals surface area (Å²) < 4.78 is 10.5. The second-order valence-electron chi connectivity index (χ2n) is 4.84. The van der Waals surface area contributed by atoms with Gasteiger partial charge in [0.25, 0.3) is 0 Å². The van der Waals surface area contributed by atoms with E-state index in [4.69, 9.17) is 26.8 Å². The highest BCUT2D eigenvalue weighted by Crippen LogP contribution is 2.40. The normalized spacial score (nSPS) is 14.0. The van der Waals surface area contributed by atoms with Crippen molar-refractivity contribution in [3.05, 3.63) is 23.0 Å². The molecule has 0 radical (unpaired) electrons. The third-order valence-electron chi connectivity index (χ3n) is 3.30. The highest BCUT2D eigenvalue weighted by atomic mass is 35.5. The fourth-order valence-electron chi connectivity index (χ4n) is 2.11. The van der Waals surface area contributed by atoms with Crippen molar-refractivity contribution >= 4 is 17.5 Å². The predicted octanol–water partition coefficient (Wildman–Crippen LogP) is 2.67. The van der Waals surface area contributed by atoms with E-state index >= 15 is 0 Å². The molecule has 0 aliphatic heterocycles. The molecule has 21 heavy (non-hydrogen) atoms. The Kier molecular flexibility index (Phi) is 3.55. The lowest BCUT2D eigenvalue weighted by molar-refractivity contribution is 0.355. The van der Waals surface area contributed by atoms with Gasteiger partial charge in [-0.05, 0) is 25.0 Å². The molecule has 0 unspecified atom stereocenters. The molecule has 2 N–H and O–H groups in total. The minimum absolute atomic E-state index is 0.216. The molecular weight excluding hydrogens is 292 g/mol. The Morgan fingerprint density at radius 2 is 1.90 bits per heavy atom. The maximum Gasteiger partial charge on any atom is 0.223 e. The van der Waals surface area contributed by atoms with Crippen LogP contribution in [0.15, 0.2) is 12.1 Å². The van der Waals surface area contributed by atoms with Gasteiger partial charge in [-0.25, -0.2) is 4.98 Å². The van der Waals surface area contributed by atoms with Crippen LogP contribution < -0.4 is 15.2 Å². The minimum Gasteiger partial charge on any atom is -0.493 e. The van der Waals surface area contributed by atoms with Gasteiger partial charge in [0.2, 0.25) is 5.95 Å². The third kappa shape index (κ3) is 2.71. The molecule has 6 nitrogen and oxygen atoms in total. The van der Waals surface area contributed by atoms with Crippen molar-refractivity contribution in [2.45, 2.75) is 18.8 Å². The molecule has 0 bridgehead atoms. The van der Waals surface area contributed by atoms with Crippen LogP contribution in [0.5, 0.6) is 11.5 Å². The summed E-state index contributed by atoms with van der Waals surface area (Å²) in [6, 6.07) is 3.50. The lowest BCUT2D eigenvalue weighted by Crippen LogP contribution is -2.04. The number of nitrogens with zero attached hydrogens (tertiary/aromatic N) is 3. The summed E-state index contributed by atoms with van der Waals surface area (Å²) in [4.78, 5) is 12.9. The van der Waals surface area contributed by atoms with Crippen molar-refractivity contribution in [2.75, 3.05) is 20.0 Å². The summed E-state index contributed by atoms with van der Waals surface area (Å²) in [5.74, 6) is 2.84. The zero-order valence-corrected chi connectivity index (χ0v) is 12.5. The standard InChI is InChI=1S/C14H15ClN4O2/c1-20-10-6-8(5-9(15)11(10)21-2)13-17-12(7-3-4-7)18-14(16)19-13/h5-7H,3-4H2,1-2H3,(H2,16,17,18,19). The fourth-order valence-corrected chi connectivity index (χ4v) is 2.40. The van der Waals surface area contributed by atoms with E-state index in [-0.39, 0.29) is 5.95 Å². The number of aromatic nitrogens is 3. The van der Waals surface area contributed by atoms with Gasteiger partial charge in [0, 0.05) is 11.5 Å². The molecule has 1 heterocycles. The second-order valence-corrected chi connectivity index (χ2v) is 5.25. The largest absolute Gasteiger partial charge is 0.493 e. The van der Waals surface area contributed by atoms with E-state index < -0.39 is 0 Å². The van der Waals surface area contributed by atoms with Crippen LogP contribution in [0.2, 0.25) is 5.02 Å². The second kappa shape index (κ2) is 5.37. The van der Waals surface area contributed by atoms with Crippen LogP contribution in [0.25, 0.3) is 11.4 Å². The molecule has 0 saturated heterocycles. The Balaban J connectivity index is 2.09. The average Bonchev–Trinajstić information content (AvgIpc) is 3.30. The van der Waals surface area contributed by atoms with Crippen molar-refractivity contribution in [1.82, 2.24) is 15.0 Å². The molecule has 0 amide bonds. The number of ether oxygens (including phenoxy) is 2. The molecule has 3 rings (SSSR count). The smallest absolute Gasteiger partial charge is 0.223 e. The third-order valence-corrected chi connectivity index (χ3v) is 3.59. The van der Waals surface area contributed by atoms with Crippen LogP contribution in [0.1, 0.15) is 24.6 Å². The highest BCUT2D eigenvalue weighted by Gasteiger charge is 2.28. The number of anilines is 1. The summed E-state index contributed by atoms with van der Waals surface area (Å²) >= 11 is 6.21. The van der Waals surface area contributed by atoms with Gasteiger partial charge in [0.15, 0.2) is 17.3 Å². The summed E-state index contributed by atoms with van der Waals surface area (Å²) in [7, 11) is 3.09. The molecule has 1 fully saturated rings. The van der Waals surface area contributed by atoms with Crippen LogP contribution in [0, 0.1) is 0 Å². The quantitative estimate of drug-likeness (QED) is 0.935. The van der Waals surface area contributed by atoms with E-state index in [1.165, 1.54) is 7.11 Å². The van der Waals surface area contributed by atoms with Crippen molar-refractivity contribution in [3.63, 3.8) is 0 Å². The summed E-state index contributed by atoms with van der Waals surface area (Å²) in [5.41, 5.74) is 6.49. The topological polar surface area (TPSA) is 83.2 Å². The molecule has 1 aliphatic rings. The molecule has 7 heteroatoms. The van der Waals surface area contributed by atoms with Gasteiger partial charge in [-0.1, -0.05) is 11.6 Å². The molecule has 0 spiro atoms. The van der Waals surface area contributed by atoms with Crippen LogP contribution in [0.4, 0.5) is 5.95 Å². The zero-order valence-electron chi connectivity index (χ0n) is 11.8. The Morgan fingerprint density at radius 3 is 2.52 bits per heavy atom. The van der Waals surface area contributed by atoms with E-state index in [0.29, 0.717) is 33.8 Å². The van der Waals surface area contributed by atoms with Crippen LogP contribution in [0.3, 0.4) is 0 Å². The van der Waals surface area contributed by atoms with Gasteiger partial charge in [0.05, 0.1) is 19.2 Å². The number of nitrogens with two attached hydrogens (primary N) is 1. The number of hydrogen-bond donors (Lipinski definition) is 1. The average molecular weight is 307 g/mol. The van der Waals surface area contributed by atoms with E-state index in [2.05, 4.69) is 15.0 Å². The number of halogens is 1. The number of rotatable bonds is 4. The fraction of sp³-hybridized carbons (Fsp3) is 0.357. The summed E-state index contributed by atoms with van der Waals surface area (Å²) in [6.07, 6.45) is 2.19. The maximum atomic E-state index is 6.21. The van der Waals surface area contributed by atoms with Gasteiger partial charge in [-0.15, -0.1) is 0 Å². The number of hydrogen-bond acceptors (Lipinski definition) is 6. The van der Waals surface area contributed by atoms with Crippen LogP contribution >= 0.6 is 11.6 Å². The van der Waals surface area contributed by atoms with Crippen molar-refractivity contribution in [3.8, 4) is 22.9 Å². The molecule has 2 aromatic rings. The molecular formula is C14H15ClN4O2. The zero-order chi connectivity index (χ0) is 15.0. The van der Waals surface area contributed by atoms with Gasteiger partial charge in [-0.2, -0.15) is 9.97 Å². The number of methoxy groups -OCH3 is 2. The monoisotopic (exact) mass is 306 g/mol. The van der Waals surface area contributed by atoms with Crippen LogP contribution in [-0.2, 0) is 0 Å². The van der Waals surface area contributed by atoms with Gasteiger partial charge in [0.1, 0.15) is 5.82 Å². The van der Waals surface area contributed by atoms with Gasteiger partial charge < -0.3 is 15.2 Å². The first kappa shape index (κ1) is 13.9. The first-order valence-electron chi connectivity index (χ1n) is 6.55. The Bertz CT molecular complexity index is 689. The lowest BCUT2D eigenvalue weighted by atomic mass is 10.2. The van der Waals surface area contributed by atoms with Crippen molar-refractivity contribution in [2.24, 2.45) is 0 Å². The highest BCUT2D eigenvalue weighted by molar-refractivity contribution is 6.32. The molecule has 110 valence electrons. The summed E-state index contributed by atoms with van der Waals surface area (Å²) in [6.45, 7) is 0. The number of nitrogen functional groups attached to an aromatic ring is 1. The molecule has 1 saturated carbocycles. The first-order valence-corrected chi connectivity index (χ1v) is 6.93. The van der Waals surface area contributed by atoms with E-state index in [1.54, 1.807) is 19.2 Å². The number of benzene rings is 1. The predicted molar refractivity (Wildman–Crippen MR) is 79.8 cm³/mol. The summed E-state index contributed by atoms with van der Waals surface area (Å²) in [5, 5.41) is 0.429. The molecule has 0 atom stereocenters. The minimum atomic E-state index is 0.216. The van der Waals surface area contributed by atoms with E-state index in [0.717, 1.165) is 18.7 Å². The molecule has 1 aromatic carbocycles. The first-order chi connectivity index (χ1) is 10.1.